The molecule has 786 valence electrons. The minimum atomic E-state index is -0.200. The molecule has 10 aliphatic carbocycles. The van der Waals surface area contributed by atoms with E-state index in [0.717, 1.165) is 257 Å². The van der Waals surface area contributed by atoms with Gasteiger partial charge in [-0.3, -0.25) is 9.80 Å². The smallest absolute Gasteiger partial charge is 0.326 e. The topological polar surface area (TPSA) is 195 Å². The van der Waals surface area contributed by atoms with Crippen molar-refractivity contribution in [1.29, 1.82) is 0 Å². The minimum Gasteiger partial charge on any atom is -0.334 e. The molecule has 8 bridgehead atoms. The molecule has 5 saturated heterocycles. The third kappa shape index (κ3) is 27.8. The van der Waals surface area contributed by atoms with Crippen LogP contribution in [0.15, 0.2) is 231 Å². The molecule has 9 aromatic rings. The molecule has 7 N–H and O–H groups in total. The Hall–Kier alpha value is -11.1. The first-order chi connectivity index (χ1) is 72.3. The Kier molecular flexibility index (Phi) is 35.0. The molecular formula is C125H160F3N15O5. The number of urea groups is 5. The van der Waals surface area contributed by atoms with Crippen LogP contribution in [0.5, 0.6) is 0 Å². The molecule has 0 aromatic heterocycles. The maximum absolute atomic E-state index is 13.5. The Morgan fingerprint density at radius 2 is 0.520 bits per heavy atom. The minimum absolute atomic E-state index is 0.0169. The zero-order chi connectivity index (χ0) is 101. The van der Waals surface area contributed by atoms with Gasteiger partial charge in [-0.1, -0.05) is 208 Å². The first-order valence-corrected chi connectivity index (χ1v) is 57.1. The maximum Gasteiger partial charge on any atom is 0.326 e. The molecular weight excluding hydrogens is 1850 g/mol. The lowest BCUT2D eigenvalue weighted by atomic mass is 9.53. The lowest BCUT2D eigenvalue weighted by Gasteiger charge is -2.56. The van der Waals surface area contributed by atoms with Crippen molar-refractivity contribution in [1.82, 2.24) is 66.6 Å². The molecule has 5 atom stereocenters. The number of carbonyl (C=O) groups excluding carboxylic acids is 5. The van der Waals surface area contributed by atoms with Crippen LogP contribution >= 0.6 is 0 Å². The number of anilines is 4. The molecule has 148 heavy (non-hydrogen) atoms. The maximum atomic E-state index is 13.5. The van der Waals surface area contributed by atoms with E-state index in [1.807, 2.05) is 94.7 Å². The van der Waals surface area contributed by atoms with E-state index in [2.05, 4.69) is 176 Å². The number of likely N-dealkylation sites (tertiary alicyclic amines) is 5. The predicted molar refractivity (Wildman–Crippen MR) is 586 cm³/mol. The third-order valence-corrected chi connectivity index (χ3v) is 35.7. The Morgan fingerprint density at radius 3 is 0.797 bits per heavy atom. The second-order valence-corrected chi connectivity index (χ2v) is 46.6. The molecule has 0 unspecified atom stereocenters. The van der Waals surface area contributed by atoms with Crippen LogP contribution in [0.4, 0.5) is 59.9 Å². The quantitative estimate of drug-likeness (QED) is 0.0306. The zero-order valence-corrected chi connectivity index (χ0v) is 87.3. The standard InChI is InChI=1S/C27H28FN3O.C27H29N3O.C25H38FN3O.C23H32FN3O.C23H33N3O/c28-23-13-9-20(10-14-23)15-17-30-18-16-24(19-30)29-27(32)31-25-7-3-1-5-21(25)11-12-22-6-2-4-8-26(22)31;31-27(28-24-17-19-29(20-24)18-16-21-8-2-1-3-9-21)30-25-12-6-4-10-22(25)14-15-23-11-5-7-13-26(23)30;26-21-13-11-20(12-14-21)15-17-28-18-16-22(19-28)27-25(30)29(23-7-3-1-4-8-23)24-9-5-2-6-10-24;24-20-3-1-16(2-4-20)5-7-27-8-6-21(15-27)25-22(28)26-23-12-17-9-18(13-23)11-19(10-17)14-23;27-22(25-23-13-18-10-19(14-23)12-20(11-18)15-23)24-21-7-9-26(16-21)8-6-17-4-2-1-3-5-17/h1-10,13-14,24H,11-12,15-19H2,(H,29,32);1-13,24H,14-20H2,(H,28,31);11-14,22-24H,1-10,15-19H2,(H,27,30);1-4,17-19,21H,5-15H2,(H2,25,26,28);1-5,18-21H,6-16H2,(H2,24,25,27)/t2*24-;22-;17?,18?,19?,21-,23?;18?,19?,20?,21-,23?/m00000/s1. The summed E-state index contributed by atoms with van der Waals surface area (Å²) in [5.74, 6) is 4.60. The summed E-state index contributed by atoms with van der Waals surface area (Å²) < 4.78 is 39.2. The van der Waals surface area contributed by atoms with Gasteiger partial charge in [-0.15, -0.1) is 0 Å². The number of halogens is 3. The average molecular weight is 2010 g/mol. The van der Waals surface area contributed by atoms with Crippen molar-refractivity contribution in [3.05, 3.63) is 298 Å². The van der Waals surface area contributed by atoms with Crippen molar-refractivity contribution in [3.8, 4) is 0 Å². The van der Waals surface area contributed by atoms with Gasteiger partial charge in [-0.25, -0.2) is 37.1 Å². The van der Waals surface area contributed by atoms with Crippen LogP contribution < -0.4 is 47.0 Å². The summed E-state index contributed by atoms with van der Waals surface area (Å²) in [5.41, 5.74) is 15.2. The number of nitrogens with zero attached hydrogens (tertiary/aromatic N) is 8. The van der Waals surface area contributed by atoms with Gasteiger partial charge in [0.2, 0.25) is 0 Å². The van der Waals surface area contributed by atoms with E-state index in [1.165, 1.54) is 217 Å². The van der Waals surface area contributed by atoms with Crippen LogP contribution in [0.1, 0.15) is 223 Å². The second-order valence-electron chi connectivity index (χ2n) is 46.6. The Bertz CT molecular complexity index is 5650. The molecule has 9 aromatic carbocycles. The summed E-state index contributed by atoms with van der Waals surface area (Å²) in [7, 11) is 0. The fraction of sp³-hybridized carbons (Fsp3) is 0.528. The fourth-order valence-corrected chi connectivity index (χ4v) is 29.0. The molecule has 26 rings (SSSR count). The van der Waals surface area contributed by atoms with Crippen molar-refractivity contribution < 1.29 is 37.1 Å². The number of rotatable bonds is 24. The van der Waals surface area contributed by atoms with Crippen molar-refractivity contribution in [3.63, 3.8) is 0 Å². The van der Waals surface area contributed by atoms with E-state index in [-0.39, 0.29) is 82.9 Å². The number of carbonyl (C=O) groups is 5. The number of nitrogens with one attached hydrogen (secondary N) is 7. The van der Waals surface area contributed by atoms with Gasteiger partial charge in [-0.05, 0) is 339 Å². The normalized spacial score (nSPS) is 26.4. The summed E-state index contributed by atoms with van der Waals surface area (Å²) in [6.45, 7) is 14.7. The molecule has 7 aliphatic heterocycles. The Morgan fingerprint density at radius 1 is 0.277 bits per heavy atom. The molecule has 10 amide bonds. The highest BCUT2D eigenvalue weighted by atomic mass is 19.1. The van der Waals surface area contributed by atoms with Gasteiger partial charge in [-0.2, -0.15) is 0 Å². The van der Waals surface area contributed by atoms with Gasteiger partial charge in [0.15, 0.2) is 0 Å². The summed E-state index contributed by atoms with van der Waals surface area (Å²) in [4.78, 5) is 84.0. The first-order valence-electron chi connectivity index (χ1n) is 57.1. The van der Waals surface area contributed by atoms with Crippen LogP contribution in [-0.2, 0) is 57.8 Å². The number of hydrogen-bond acceptors (Lipinski definition) is 10. The molecule has 15 fully saturated rings. The van der Waals surface area contributed by atoms with Crippen LogP contribution in [0.25, 0.3) is 0 Å². The number of para-hydroxylation sites is 4. The van der Waals surface area contributed by atoms with E-state index in [4.69, 9.17) is 0 Å². The van der Waals surface area contributed by atoms with E-state index >= 15 is 0 Å². The van der Waals surface area contributed by atoms with E-state index < -0.39 is 0 Å². The molecule has 7 heterocycles. The third-order valence-electron chi connectivity index (χ3n) is 35.7. The van der Waals surface area contributed by atoms with Crippen molar-refractivity contribution >= 4 is 52.9 Å². The molecule has 0 radical (unpaired) electrons. The molecule has 23 heteroatoms. The number of aryl methyl sites for hydroxylation is 4. The second kappa shape index (κ2) is 49.8. The van der Waals surface area contributed by atoms with Crippen LogP contribution in [0.2, 0.25) is 0 Å². The van der Waals surface area contributed by atoms with Crippen molar-refractivity contribution in [2.45, 2.75) is 285 Å². The molecule has 0 spiro atoms. The van der Waals surface area contributed by atoms with Gasteiger partial charge in [0.1, 0.15) is 17.5 Å². The molecule has 10 saturated carbocycles. The highest BCUT2D eigenvalue weighted by Gasteiger charge is 2.54. The zero-order valence-electron chi connectivity index (χ0n) is 87.3. The lowest BCUT2D eigenvalue weighted by molar-refractivity contribution is -0.0139. The van der Waals surface area contributed by atoms with Crippen LogP contribution in [0, 0.1) is 53.0 Å². The summed E-state index contributed by atoms with van der Waals surface area (Å²) in [6, 6.07) is 76.8. The predicted octanol–water partition coefficient (Wildman–Crippen LogP) is 22.4. The van der Waals surface area contributed by atoms with E-state index in [9.17, 15) is 37.1 Å². The van der Waals surface area contributed by atoms with Gasteiger partial charge < -0.3 is 66.6 Å². The number of amides is 10. The van der Waals surface area contributed by atoms with Gasteiger partial charge in [0.25, 0.3) is 0 Å². The Labute approximate surface area is 877 Å². The van der Waals surface area contributed by atoms with Crippen molar-refractivity contribution in [2.24, 2.45) is 35.5 Å². The van der Waals surface area contributed by atoms with Gasteiger partial charge >= 0.3 is 30.2 Å². The van der Waals surface area contributed by atoms with E-state index in [0.29, 0.717) is 18.1 Å². The molecule has 20 nitrogen and oxygen atoms in total. The van der Waals surface area contributed by atoms with Gasteiger partial charge in [0.05, 0.1) is 22.7 Å². The monoisotopic (exact) mass is 2010 g/mol. The number of hydrogen-bond donors (Lipinski definition) is 7. The average Bonchev–Trinajstić information content (AvgIpc) is 1.15. The Balaban J connectivity index is 0.000000112. The molecule has 17 aliphatic rings. The van der Waals surface area contributed by atoms with Gasteiger partial charge in [0, 0.05) is 152 Å². The van der Waals surface area contributed by atoms with Crippen LogP contribution in [0.3, 0.4) is 0 Å². The largest absolute Gasteiger partial charge is 0.334 e. The highest BCUT2D eigenvalue weighted by molar-refractivity contribution is 6.02. The fourth-order valence-electron chi connectivity index (χ4n) is 29.0. The summed E-state index contributed by atoms with van der Waals surface area (Å²) >= 11 is 0. The summed E-state index contributed by atoms with van der Waals surface area (Å²) in [6.07, 6.45) is 41.8. The van der Waals surface area contributed by atoms with Crippen LogP contribution in [-0.4, -0.2) is 211 Å². The number of fused-ring (bicyclic) bond motifs is 4. The van der Waals surface area contributed by atoms with E-state index in [1.54, 1.807) is 0 Å². The van der Waals surface area contributed by atoms with Crippen molar-refractivity contribution in [2.75, 3.05) is 108 Å². The summed E-state index contributed by atoms with van der Waals surface area (Å²) in [5, 5.41) is 23.4. The SMILES string of the molecule is O=C(N[C@H]1CCN(CCc2ccc(F)cc2)C1)N(C1CCCCC1)C1CCCCC1.O=C(N[C@H]1CCN(CCc2ccc(F)cc2)C1)N1c2ccccc2CCc2ccccc21.O=C(N[C@H]1CCN(CCc2ccc(F)cc2)C1)NC12CC3CC(CC(C3)C1)C2.O=C(N[C@H]1CCN(CCc2ccccc2)C1)N1c2ccccc2CCc2ccccc21.O=C(N[C@H]1CCN(CCc2ccccc2)C1)NC12CC3CC(CC(C3)C1)C2. The first kappa shape index (κ1) is 104. The lowest BCUT2D eigenvalue weighted by Crippen LogP contribution is -2.62. The number of benzene rings is 9. The highest BCUT2D eigenvalue weighted by Crippen LogP contribution is 2.57.